The average molecular weight is 178 g/mol. The first-order valence-electron chi connectivity index (χ1n) is 5.61. The minimum Gasteiger partial charge on any atom is -0.0987 e. The zero-order valence-corrected chi connectivity index (χ0v) is 9.48. The third kappa shape index (κ3) is 0.923. The molecule has 0 amide bonds. The van der Waals surface area contributed by atoms with Crippen molar-refractivity contribution in [3.05, 3.63) is 12.2 Å². The highest BCUT2D eigenvalue weighted by Crippen LogP contribution is 2.67. The molecule has 2 bridgehead atoms. The van der Waals surface area contributed by atoms with E-state index >= 15 is 0 Å². The number of fused-ring (bicyclic) bond motifs is 2. The topological polar surface area (TPSA) is 0 Å². The molecule has 0 nitrogen and oxygen atoms in total. The fourth-order valence-corrected chi connectivity index (χ4v) is 3.73. The Morgan fingerprint density at radius 2 is 2.00 bits per heavy atom. The summed E-state index contributed by atoms with van der Waals surface area (Å²) in [4.78, 5) is 0. The van der Waals surface area contributed by atoms with E-state index in [-0.39, 0.29) is 0 Å². The lowest BCUT2D eigenvalue weighted by atomic mass is 9.64. The quantitative estimate of drug-likeness (QED) is 0.532. The van der Waals surface area contributed by atoms with E-state index < -0.39 is 0 Å². The number of hydrogen-bond donors (Lipinski definition) is 0. The molecule has 2 aliphatic carbocycles. The molecule has 2 rings (SSSR count). The summed E-state index contributed by atoms with van der Waals surface area (Å²) in [5.41, 5.74) is 2.47. The lowest BCUT2D eigenvalue weighted by Crippen LogP contribution is -2.30. The molecular weight excluding hydrogens is 156 g/mol. The van der Waals surface area contributed by atoms with Crippen molar-refractivity contribution in [1.82, 2.24) is 0 Å². The van der Waals surface area contributed by atoms with Crippen molar-refractivity contribution >= 4 is 0 Å². The van der Waals surface area contributed by atoms with Crippen LogP contribution in [-0.4, -0.2) is 0 Å². The fraction of sp³-hybridized carbons (Fsp3) is 0.846. The Kier molecular flexibility index (Phi) is 1.72. The average Bonchev–Trinajstić information content (AvgIpc) is 2.53. The summed E-state index contributed by atoms with van der Waals surface area (Å²) in [6.45, 7) is 13.9. The Labute approximate surface area is 82.4 Å². The third-order valence-electron chi connectivity index (χ3n) is 5.05. The van der Waals surface area contributed by atoms with Gasteiger partial charge in [0.2, 0.25) is 0 Å². The molecule has 2 fully saturated rings. The van der Waals surface area contributed by atoms with Crippen LogP contribution in [0.25, 0.3) is 0 Å². The van der Waals surface area contributed by atoms with Gasteiger partial charge in [-0.3, -0.25) is 0 Å². The molecule has 13 heavy (non-hydrogen) atoms. The fourth-order valence-electron chi connectivity index (χ4n) is 3.73. The highest BCUT2D eigenvalue weighted by molar-refractivity contribution is 5.30. The second-order valence-electron chi connectivity index (χ2n) is 5.95. The molecular formula is C13H22. The Morgan fingerprint density at radius 1 is 1.38 bits per heavy atom. The van der Waals surface area contributed by atoms with Gasteiger partial charge in [-0.15, -0.1) is 0 Å². The van der Waals surface area contributed by atoms with Gasteiger partial charge in [-0.2, -0.15) is 0 Å². The second kappa shape index (κ2) is 2.40. The molecule has 0 N–H and O–H groups in total. The standard InChI is InChI=1S/C13H22/c1-9(2)13-7-6-11(8-13)12(4,5)10(13)3/h9,11H,3,6-8H2,1-2,4-5H3/t11-,13-/m0/s1. The van der Waals surface area contributed by atoms with Gasteiger partial charge in [-0.1, -0.05) is 39.8 Å². The molecule has 0 heterocycles. The van der Waals surface area contributed by atoms with E-state index in [4.69, 9.17) is 0 Å². The second-order valence-corrected chi connectivity index (χ2v) is 5.95. The minimum atomic E-state index is 0.419. The lowest BCUT2D eigenvalue weighted by Gasteiger charge is -2.40. The zero-order chi connectivity index (χ0) is 9.85. The highest BCUT2D eigenvalue weighted by atomic mass is 14.6. The maximum absolute atomic E-state index is 4.38. The van der Waals surface area contributed by atoms with E-state index in [0.29, 0.717) is 10.8 Å². The third-order valence-corrected chi connectivity index (χ3v) is 5.05. The van der Waals surface area contributed by atoms with Gasteiger partial charge >= 0.3 is 0 Å². The van der Waals surface area contributed by atoms with Crippen molar-refractivity contribution in [3.8, 4) is 0 Å². The summed E-state index contributed by atoms with van der Waals surface area (Å²) in [5.74, 6) is 1.70. The van der Waals surface area contributed by atoms with Crippen LogP contribution < -0.4 is 0 Å². The van der Waals surface area contributed by atoms with Crippen LogP contribution in [0.2, 0.25) is 0 Å². The van der Waals surface area contributed by atoms with E-state index in [2.05, 4.69) is 34.3 Å². The Hall–Kier alpha value is -0.260. The largest absolute Gasteiger partial charge is 0.0987 e. The maximum Gasteiger partial charge on any atom is -0.00593 e. The first-order chi connectivity index (χ1) is 5.91. The molecule has 0 saturated heterocycles. The summed E-state index contributed by atoms with van der Waals surface area (Å²) < 4.78 is 0. The highest BCUT2D eigenvalue weighted by Gasteiger charge is 2.58. The monoisotopic (exact) mass is 178 g/mol. The molecule has 0 heteroatoms. The number of allylic oxidation sites excluding steroid dienone is 1. The van der Waals surface area contributed by atoms with Crippen LogP contribution in [0, 0.1) is 22.7 Å². The van der Waals surface area contributed by atoms with Crippen molar-refractivity contribution in [1.29, 1.82) is 0 Å². The molecule has 0 aliphatic heterocycles. The van der Waals surface area contributed by atoms with Gasteiger partial charge in [0, 0.05) is 0 Å². The van der Waals surface area contributed by atoms with Crippen LogP contribution in [-0.2, 0) is 0 Å². The van der Waals surface area contributed by atoms with Crippen LogP contribution >= 0.6 is 0 Å². The van der Waals surface area contributed by atoms with Gasteiger partial charge < -0.3 is 0 Å². The minimum absolute atomic E-state index is 0.419. The van der Waals surface area contributed by atoms with Crippen molar-refractivity contribution in [2.45, 2.75) is 47.0 Å². The Morgan fingerprint density at radius 3 is 2.31 bits per heavy atom. The van der Waals surface area contributed by atoms with E-state index in [1.807, 2.05) is 0 Å². The van der Waals surface area contributed by atoms with Crippen LogP contribution in [0.5, 0.6) is 0 Å². The van der Waals surface area contributed by atoms with E-state index in [0.717, 1.165) is 11.8 Å². The van der Waals surface area contributed by atoms with Crippen LogP contribution in [0.1, 0.15) is 47.0 Å². The molecule has 74 valence electrons. The van der Waals surface area contributed by atoms with E-state index in [9.17, 15) is 0 Å². The molecule has 0 aromatic heterocycles. The summed E-state index contributed by atoms with van der Waals surface area (Å²) >= 11 is 0. The van der Waals surface area contributed by atoms with Gasteiger partial charge in [-0.25, -0.2) is 0 Å². The molecule has 0 aromatic carbocycles. The summed E-state index contributed by atoms with van der Waals surface area (Å²) in [7, 11) is 0. The Balaban J connectivity index is 2.40. The summed E-state index contributed by atoms with van der Waals surface area (Å²) in [6, 6.07) is 0. The summed E-state index contributed by atoms with van der Waals surface area (Å²) in [6.07, 6.45) is 4.25. The Bertz CT molecular complexity index is 247. The smallest absolute Gasteiger partial charge is 0.00593 e. The van der Waals surface area contributed by atoms with Crippen molar-refractivity contribution in [3.63, 3.8) is 0 Å². The van der Waals surface area contributed by atoms with Crippen LogP contribution in [0.15, 0.2) is 12.2 Å². The first kappa shape index (κ1) is 9.30. The van der Waals surface area contributed by atoms with Gasteiger partial charge in [0.05, 0.1) is 0 Å². The first-order valence-corrected chi connectivity index (χ1v) is 5.61. The van der Waals surface area contributed by atoms with Gasteiger partial charge in [0.25, 0.3) is 0 Å². The van der Waals surface area contributed by atoms with Crippen LogP contribution in [0.3, 0.4) is 0 Å². The molecule has 0 unspecified atom stereocenters. The molecule has 0 spiro atoms. The molecule has 0 radical (unpaired) electrons. The van der Waals surface area contributed by atoms with E-state index in [1.165, 1.54) is 19.3 Å². The van der Waals surface area contributed by atoms with Gasteiger partial charge in [0.15, 0.2) is 0 Å². The normalized spacial score (nSPS) is 41.9. The number of rotatable bonds is 1. The predicted molar refractivity (Wildman–Crippen MR) is 57.5 cm³/mol. The zero-order valence-electron chi connectivity index (χ0n) is 9.48. The van der Waals surface area contributed by atoms with Crippen LogP contribution in [0.4, 0.5) is 0 Å². The molecule has 2 aliphatic rings. The van der Waals surface area contributed by atoms with E-state index in [1.54, 1.807) is 5.57 Å². The summed E-state index contributed by atoms with van der Waals surface area (Å²) in [5, 5.41) is 0. The van der Waals surface area contributed by atoms with Gasteiger partial charge in [-0.05, 0) is 41.9 Å². The van der Waals surface area contributed by atoms with Crippen molar-refractivity contribution in [2.24, 2.45) is 22.7 Å². The molecule has 2 saturated carbocycles. The molecule has 0 aromatic rings. The van der Waals surface area contributed by atoms with Crippen molar-refractivity contribution in [2.75, 3.05) is 0 Å². The lowest BCUT2D eigenvalue weighted by molar-refractivity contribution is 0.226. The SMILES string of the molecule is C=C1C(C)(C)[C@H]2CC[C@@]1(C(C)C)C2. The molecule has 2 atom stereocenters. The predicted octanol–water partition coefficient (Wildman–Crippen LogP) is 4.02. The number of hydrogen-bond acceptors (Lipinski definition) is 0. The van der Waals surface area contributed by atoms with Crippen molar-refractivity contribution < 1.29 is 0 Å². The maximum atomic E-state index is 4.38. The van der Waals surface area contributed by atoms with Gasteiger partial charge in [0.1, 0.15) is 0 Å².